The van der Waals surface area contributed by atoms with Crippen LogP contribution in [0.15, 0.2) is 73.3 Å². The van der Waals surface area contributed by atoms with Crippen LogP contribution < -0.4 is 9.47 Å². The SMILES string of the molecule is O=C(Oc1ccc(CCOc2ccncc2)cc1)N1CCN(CCCc2cccnc2)CC1. The lowest BCUT2D eigenvalue weighted by Gasteiger charge is -2.34. The minimum absolute atomic E-state index is 0.279. The lowest BCUT2D eigenvalue weighted by molar-refractivity contribution is 0.110. The summed E-state index contributed by atoms with van der Waals surface area (Å²) in [6.45, 7) is 4.74. The predicted molar refractivity (Wildman–Crippen MR) is 126 cm³/mol. The normalized spacial score (nSPS) is 14.1. The summed E-state index contributed by atoms with van der Waals surface area (Å²) in [4.78, 5) is 24.9. The molecule has 0 unspecified atom stereocenters. The zero-order valence-corrected chi connectivity index (χ0v) is 18.8. The Morgan fingerprint density at radius 2 is 1.61 bits per heavy atom. The Hall–Kier alpha value is -3.45. The molecule has 1 aliphatic heterocycles. The highest BCUT2D eigenvalue weighted by Crippen LogP contribution is 2.16. The first-order chi connectivity index (χ1) is 16.3. The van der Waals surface area contributed by atoms with Gasteiger partial charge in [0.25, 0.3) is 0 Å². The third-order valence-corrected chi connectivity index (χ3v) is 5.73. The molecule has 7 heteroatoms. The fourth-order valence-corrected chi connectivity index (χ4v) is 3.82. The van der Waals surface area contributed by atoms with E-state index in [1.807, 2.05) is 48.7 Å². The first-order valence-electron chi connectivity index (χ1n) is 11.5. The van der Waals surface area contributed by atoms with Gasteiger partial charge in [0.1, 0.15) is 11.5 Å². The number of aryl methyl sites for hydroxylation is 1. The Bertz CT molecular complexity index is 975. The van der Waals surface area contributed by atoms with Gasteiger partial charge in [0, 0.05) is 57.4 Å². The standard InChI is InChI=1S/C26H30N4O3/c31-26(30-18-16-29(17-19-30)15-2-4-23-3-1-12-28-21-23)33-25-7-5-22(6-8-25)11-20-32-24-9-13-27-14-10-24/h1,3,5-10,12-14,21H,2,4,11,15-20H2. The molecule has 0 spiro atoms. The minimum atomic E-state index is -0.279. The van der Waals surface area contributed by atoms with Crippen molar-refractivity contribution in [1.82, 2.24) is 19.8 Å². The van der Waals surface area contributed by atoms with Gasteiger partial charge in [-0.1, -0.05) is 18.2 Å². The molecule has 1 saturated heterocycles. The van der Waals surface area contributed by atoms with Crippen molar-refractivity contribution in [3.05, 3.63) is 84.4 Å². The minimum Gasteiger partial charge on any atom is -0.493 e. The van der Waals surface area contributed by atoms with Crippen molar-refractivity contribution < 1.29 is 14.3 Å². The number of carbonyl (C=O) groups excluding carboxylic acids is 1. The van der Waals surface area contributed by atoms with Crippen LogP contribution in [0, 0.1) is 0 Å². The van der Waals surface area contributed by atoms with Crippen LogP contribution in [-0.2, 0) is 12.8 Å². The maximum absolute atomic E-state index is 12.5. The number of benzene rings is 1. The highest BCUT2D eigenvalue weighted by Gasteiger charge is 2.22. The Labute approximate surface area is 195 Å². The second-order valence-electron chi connectivity index (χ2n) is 8.09. The van der Waals surface area contributed by atoms with Crippen molar-refractivity contribution in [1.29, 1.82) is 0 Å². The quantitative estimate of drug-likeness (QED) is 0.497. The van der Waals surface area contributed by atoms with Gasteiger partial charge in [-0.15, -0.1) is 0 Å². The number of piperazine rings is 1. The monoisotopic (exact) mass is 446 g/mol. The number of ether oxygens (including phenoxy) is 2. The molecule has 0 atom stereocenters. The van der Waals surface area contributed by atoms with Gasteiger partial charge in [-0.2, -0.15) is 0 Å². The number of rotatable bonds is 9. The van der Waals surface area contributed by atoms with E-state index in [-0.39, 0.29) is 6.09 Å². The van der Waals surface area contributed by atoms with Crippen LogP contribution in [0.4, 0.5) is 4.79 Å². The van der Waals surface area contributed by atoms with Gasteiger partial charge in [-0.05, 0) is 60.8 Å². The van der Waals surface area contributed by atoms with Crippen LogP contribution in [0.1, 0.15) is 17.5 Å². The molecule has 1 aromatic carbocycles. The summed E-state index contributed by atoms with van der Waals surface area (Å²) in [5, 5.41) is 0. The molecule has 0 aliphatic carbocycles. The Kier molecular flexibility index (Phi) is 8.25. The van der Waals surface area contributed by atoms with E-state index in [0.717, 1.165) is 50.2 Å². The van der Waals surface area contributed by atoms with Crippen molar-refractivity contribution >= 4 is 6.09 Å². The molecule has 3 heterocycles. The summed E-state index contributed by atoms with van der Waals surface area (Å²) < 4.78 is 11.3. The third-order valence-electron chi connectivity index (χ3n) is 5.73. The molecule has 1 aliphatic rings. The van der Waals surface area contributed by atoms with Gasteiger partial charge in [-0.25, -0.2) is 4.79 Å². The molecule has 172 valence electrons. The molecule has 0 radical (unpaired) electrons. The third kappa shape index (κ3) is 7.29. The number of pyridine rings is 2. The lowest BCUT2D eigenvalue weighted by Crippen LogP contribution is -2.49. The van der Waals surface area contributed by atoms with Crippen LogP contribution in [0.3, 0.4) is 0 Å². The molecule has 2 aromatic heterocycles. The lowest BCUT2D eigenvalue weighted by atomic mass is 10.1. The van der Waals surface area contributed by atoms with Gasteiger partial charge in [-0.3, -0.25) is 14.9 Å². The van der Waals surface area contributed by atoms with Crippen LogP contribution in [-0.4, -0.2) is 65.2 Å². The fraction of sp³-hybridized carbons (Fsp3) is 0.346. The summed E-state index contributed by atoms with van der Waals surface area (Å²) >= 11 is 0. The smallest absolute Gasteiger partial charge is 0.415 e. The number of aromatic nitrogens is 2. The Morgan fingerprint density at radius 1 is 0.818 bits per heavy atom. The van der Waals surface area contributed by atoms with E-state index in [1.54, 1.807) is 23.5 Å². The Balaban J connectivity index is 1.14. The van der Waals surface area contributed by atoms with E-state index in [0.29, 0.717) is 25.4 Å². The van der Waals surface area contributed by atoms with Crippen molar-refractivity contribution in [2.75, 3.05) is 39.3 Å². The van der Waals surface area contributed by atoms with Gasteiger partial charge < -0.3 is 14.4 Å². The van der Waals surface area contributed by atoms with Crippen molar-refractivity contribution in [3.8, 4) is 11.5 Å². The maximum Gasteiger partial charge on any atom is 0.415 e. The molecule has 1 fully saturated rings. The maximum atomic E-state index is 12.5. The summed E-state index contributed by atoms with van der Waals surface area (Å²) in [5.41, 5.74) is 2.40. The van der Waals surface area contributed by atoms with Crippen LogP contribution in [0.25, 0.3) is 0 Å². The largest absolute Gasteiger partial charge is 0.493 e. The molecule has 1 amide bonds. The van der Waals surface area contributed by atoms with E-state index >= 15 is 0 Å². The molecule has 4 rings (SSSR count). The zero-order chi connectivity index (χ0) is 22.7. The van der Waals surface area contributed by atoms with Gasteiger partial charge in [0.2, 0.25) is 0 Å². The first kappa shape index (κ1) is 22.7. The summed E-state index contributed by atoms with van der Waals surface area (Å²) in [5.74, 6) is 1.38. The van der Waals surface area contributed by atoms with E-state index in [9.17, 15) is 4.79 Å². The number of hydrogen-bond acceptors (Lipinski definition) is 6. The molecular weight excluding hydrogens is 416 g/mol. The number of amides is 1. The first-order valence-corrected chi connectivity index (χ1v) is 11.5. The highest BCUT2D eigenvalue weighted by atomic mass is 16.6. The number of nitrogens with zero attached hydrogens (tertiary/aromatic N) is 4. The molecule has 33 heavy (non-hydrogen) atoms. The van der Waals surface area contributed by atoms with E-state index in [2.05, 4.69) is 20.9 Å². The van der Waals surface area contributed by atoms with Gasteiger partial charge in [0.15, 0.2) is 0 Å². The molecule has 0 saturated carbocycles. The van der Waals surface area contributed by atoms with Crippen LogP contribution in [0.5, 0.6) is 11.5 Å². The number of hydrogen-bond donors (Lipinski definition) is 0. The topological polar surface area (TPSA) is 67.8 Å². The molecule has 3 aromatic rings. The Morgan fingerprint density at radius 3 is 2.33 bits per heavy atom. The van der Waals surface area contributed by atoms with E-state index in [4.69, 9.17) is 9.47 Å². The van der Waals surface area contributed by atoms with Gasteiger partial charge in [0.05, 0.1) is 6.61 Å². The molecule has 0 bridgehead atoms. The highest BCUT2D eigenvalue weighted by molar-refractivity contribution is 5.70. The number of carbonyl (C=O) groups is 1. The van der Waals surface area contributed by atoms with Gasteiger partial charge >= 0.3 is 6.09 Å². The summed E-state index contributed by atoms with van der Waals surface area (Å²) in [6, 6.07) is 15.4. The second-order valence-corrected chi connectivity index (χ2v) is 8.09. The van der Waals surface area contributed by atoms with Crippen LogP contribution in [0.2, 0.25) is 0 Å². The van der Waals surface area contributed by atoms with Crippen molar-refractivity contribution in [3.63, 3.8) is 0 Å². The average Bonchev–Trinajstić information content (AvgIpc) is 2.87. The van der Waals surface area contributed by atoms with Crippen molar-refractivity contribution in [2.24, 2.45) is 0 Å². The second kappa shape index (κ2) is 12.0. The summed E-state index contributed by atoms with van der Waals surface area (Å²) in [6.07, 6.45) is 9.77. The van der Waals surface area contributed by atoms with Crippen LogP contribution >= 0.6 is 0 Å². The van der Waals surface area contributed by atoms with E-state index < -0.39 is 0 Å². The molecular formula is C26H30N4O3. The average molecular weight is 447 g/mol. The van der Waals surface area contributed by atoms with Crippen molar-refractivity contribution in [2.45, 2.75) is 19.3 Å². The fourth-order valence-electron chi connectivity index (χ4n) is 3.82. The van der Waals surface area contributed by atoms with E-state index in [1.165, 1.54) is 5.56 Å². The predicted octanol–water partition coefficient (Wildman–Crippen LogP) is 3.85. The summed E-state index contributed by atoms with van der Waals surface area (Å²) in [7, 11) is 0. The zero-order valence-electron chi connectivity index (χ0n) is 18.8. The molecule has 0 N–H and O–H groups in total. The molecule has 7 nitrogen and oxygen atoms in total.